The van der Waals surface area contributed by atoms with Gasteiger partial charge in [-0.2, -0.15) is 0 Å². The first kappa shape index (κ1) is 18.6. The summed E-state index contributed by atoms with van der Waals surface area (Å²) in [6, 6.07) is 11.1. The molecular weight excluding hydrogens is 376 g/mol. The van der Waals surface area contributed by atoms with Crippen LogP contribution in [0.5, 0.6) is 0 Å². The number of benzene rings is 1. The summed E-state index contributed by atoms with van der Waals surface area (Å²) in [5.41, 5.74) is 3.51. The van der Waals surface area contributed by atoms with Gasteiger partial charge in [0.15, 0.2) is 5.78 Å². The van der Waals surface area contributed by atoms with Crippen molar-refractivity contribution in [1.82, 2.24) is 4.98 Å². The second-order valence-electron chi connectivity index (χ2n) is 7.27. The summed E-state index contributed by atoms with van der Waals surface area (Å²) in [6.45, 7) is 1.72. The van der Waals surface area contributed by atoms with Gasteiger partial charge in [-0.05, 0) is 48.6 Å². The van der Waals surface area contributed by atoms with Crippen molar-refractivity contribution in [3.05, 3.63) is 76.2 Å². The minimum absolute atomic E-state index is 0.0102. The monoisotopic (exact) mass is 394 g/mol. The van der Waals surface area contributed by atoms with Crippen molar-refractivity contribution in [2.24, 2.45) is 10.9 Å². The summed E-state index contributed by atoms with van der Waals surface area (Å²) in [5.74, 6) is -2.43. The molecular formula is C22H19ClN2O3. The number of halogens is 1. The van der Waals surface area contributed by atoms with Gasteiger partial charge in [0, 0.05) is 46.7 Å². The first-order valence-corrected chi connectivity index (χ1v) is 9.53. The molecule has 28 heavy (non-hydrogen) atoms. The molecule has 0 amide bonds. The SMILES string of the molecule is CC1=NC2=C(C(=O)CC(c3ccc(Cl)cc3)C2)C(c2cccnc2)C1C(=O)O. The number of pyridine rings is 1. The number of hydrogen-bond acceptors (Lipinski definition) is 4. The van der Waals surface area contributed by atoms with Crippen LogP contribution in [0.4, 0.5) is 0 Å². The zero-order valence-electron chi connectivity index (χ0n) is 15.3. The first-order chi connectivity index (χ1) is 13.5. The molecule has 1 aromatic carbocycles. The normalized spacial score (nSPS) is 24.6. The summed E-state index contributed by atoms with van der Waals surface area (Å²) in [7, 11) is 0. The number of carboxylic acids is 1. The third-order valence-corrected chi connectivity index (χ3v) is 5.79. The molecule has 0 fully saturated rings. The Labute approximate surface area is 167 Å². The third-order valence-electron chi connectivity index (χ3n) is 5.54. The molecule has 0 saturated heterocycles. The first-order valence-electron chi connectivity index (χ1n) is 9.15. The molecule has 2 aromatic rings. The van der Waals surface area contributed by atoms with Gasteiger partial charge in [-0.3, -0.25) is 19.6 Å². The van der Waals surface area contributed by atoms with Gasteiger partial charge in [0.2, 0.25) is 0 Å². The second kappa shape index (κ2) is 7.32. The molecule has 1 aliphatic heterocycles. The van der Waals surface area contributed by atoms with Crippen LogP contribution < -0.4 is 0 Å². The predicted molar refractivity (Wildman–Crippen MR) is 107 cm³/mol. The van der Waals surface area contributed by atoms with E-state index in [0.717, 1.165) is 11.1 Å². The van der Waals surface area contributed by atoms with E-state index in [1.165, 1.54) is 0 Å². The average Bonchev–Trinajstić information content (AvgIpc) is 2.67. The van der Waals surface area contributed by atoms with Crippen LogP contribution in [0.15, 0.2) is 65.1 Å². The van der Waals surface area contributed by atoms with Crippen LogP contribution in [0.2, 0.25) is 5.02 Å². The van der Waals surface area contributed by atoms with E-state index in [1.54, 1.807) is 25.4 Å². The molecule has 1 aliphatic carbocycles. The Kier molecular flexibility index (Phi) is 4.85. The van der Waals surface area contributed by atoms with E-state index in [1.807, 2.05) is 30.3 Å². The van der Waals surface area contributed by atoms with Crippen LogP contribution in [0.1, 0.15) is 42.7 Å². The van der Waals surface area contributed by atoms with Crippen molar-refractivity contribution in [3.63, 3.8) is 0 Å². The Hall–Kier alpha value is -2.79. The van der Waals surface area contributed by atoms with Crippen LogP contribution in [0, 0.1) is 5.92 Å². The Morgan fingerprint density at radius 1 is 1.14 bits per heavy atom. The van der Waals surface area contributed by atoms with Crippen molar-refractivity contribution in [2.75, 3.05) is 0 Å². The van der Waals surface area contributed by atoms with E-state index >= 15 is 0 Å². The van der Waals surface area contributed by atoms with Crippen LogP contribution in [0.25, 0.3) is 0 Å². The lowest BCUT2D eigenvalue weighted by atomic mass is 9.69. The number of aliphatic carboxylic acids is 1. The lowest BCUT2D eigenvalue weighted by molar-refractivity contribution is -0.139. The Morgan fingerprint density at radius 2 is 1.89 bits per heavy atom. The Morgan fingerprint density at radius 3 is 2.54 bits per heavy atom. The van der Waals surface area contributed by atoms with Crippen molar-refractivity contribution >= 4 is 29.1 Å². The lowest BCUT2D eigenvalue weighted by Crippen LogP contribution is -2.37. The standard InChI is InChI=1S/C22H19ClN2O3/c1-12-19(22(27)28)20(14-3-2-8-24-11-14)21-17(25-12)9-15(10-18(21)26)13-4-6-16(23)7-5-13/h2-8,11,15,19-20H,9-10H2,1H3,(H,27,28). The predicted octanol–water partition coefficient (Wildman–Crippen LogP) is 4.39. The number of aliphatic imine (C=N–C) groups is 1. The zero-order valence-corrected chi connectivity index (χ0v) is 16.1. The maximum Gasteiger partial charge on any atom is 0.313 e. The molecule has 2 heterocycles. The van der Waals surface area contributed by atoms with Crippen LogP contribution in [-0.4, -0.2) is 27.6 Å². The van der Waals surface area contributed by atoms with Crippen molar-refractivity contribution < 1.29 is 14.7 Å². The van der Waals surface area contributed by atoms with Gasteiger partial charge >= 0.3 is 5.97 Å². The highest BCUT2D eigenvalue weighted by molar-refractivity contribution is 6.30. The fraction of sp³-hybridized carbons (Fsp3) is 0.273. The number of carboxylic acid groups (broad SMARTS) is 1. The van der Waals surface area contributed by atoms with Gasteiger partial charge in [0.1, 0.15) is 5.92 Å². The highest BCUT2D eigenvalue weighted by atomic mass is 35.5. The summed E-state index contributed by atoms with van der Waals surface area (Å²) >= 11 is 5.98. The molecule has 6 heteroatoms. The van der Waals surface area contributed by atoms with Crippen LogP contribution in [0.3, 0.4) is 0 Å². The maximum absolute atomic E-state index is 13.2. The number of rotatable bonds is 3. The summed E-state index contributed by atoms with van der Waals surface area (Å²) in [6.07, 6.45) is 4.21. The number of carbonyl (C=O) groups excluding carboxylic acids is 1. The fourth-order valence-electron chi connectivity index (χ4n) is 4.27. The molecule has 1 aromatic heterocycles. The van der Waals surface area contributed by atoms with E-state index in [4.69, 9.17) is 11.6 Å². The summed E-state index contributed by atoms with van der Waals surface area (Å²) in [4.78, 5) is 33.9. The quantitative estimate of drug-likeness (QED) is 0.836. The number of carbonyl (C=O) groups is 2. The number of aromatic nitrogens is 1. The molecule has 2 aliphatic rings. The highest BCUT2D eigenvalue weighted by Gasteiger charge is 2.44. The zero-order chi connectivity index (χ0) is 19.8. The molecule has 0 saturated carbocycles. The maximum atomic E-state index is 13.2. The second-order valence-corrected chi connectivity index (χ2v) is 7.71. The molecule has 4 rings (SSSR count). The Bertz CT molecular complexity index is 996. The van der Waals surface area contributed by atoms with Gasteiger partial charge in [0.05, 0.1) is 0 Å². The smallest absolute Gasteiger partial charge is 0.313 e. The van der Waals surface area contributed by atoms with Crippen LogP contribution in [-0.2, 0) is 9.59 Å². The Balaban J connectivity index is 1.79. The lowest BCUT2D eigenvalue weighted by Gasteiger charge is -2.35. The number of ketones is 1. The molecule has 5 nitrogen and oxygen atoms in total. The number of nitrogens with zero attached hydrogens (tertiary/aromatic N) is 2. The van der Waals surface area contributed by atoms with Crippen molar-refractivity contribution in [3.8, 4) is 0 Å². The summed E-state index contributed by atoms with van der Waals surface area (Å²) in [5, 5.41) is 10.5. The molecule has 0 bridgehead atoms. The van der Waals surface area contributed by atoms with Gasteiger partial charge in [-0.15, -0.1) is 0 Å². The minimum Gasteiger partial charge on any atom is -0.481 e. The average molecular weight is 395 g/mol. The van der Waals surface area contributed by atoms with Gasteiger partial charge in [0.25, 0.3) is 0 Å². The fourth-order valence-corrected chi connectivity index (χ4v) is 4.40. The van der Waals surface area contributed by atoms with Gasteiger partial charge in [-0.25, -0.2) is 0 Å². The number of hydrogen-bond donors (Lipinski definition) is 1. The third kappa shape index (κ3) is 3.27. The number of allylic oxidation sites excluding steroid dienone is 2. The van der Waals surface area contributed by atoms with E-state index in [2.05, 4.69) is 9.98 Å². The molecule has 0 spiro atoms. The van der Waals surface area contributed by atoms with E-state index < -0.39 is 17.8 Å². The van der Waals surface area contributed by atoms with Gasteiger partial charge in [-0.1, -0.05) is 29.8 Å². The van der Waals surface area contributed by atoms with E-state index in [9.17, 15) is 14.7 Å². The topological polar surface area (TPSA) is 79.6 Å². The largest absolute Gasteiger partial charge is 0.481 e. The minimum atomic E-state index is -0.978. The van der Waals surface area contributed by atoms with Crippen molar-refractivity contribution in [1.29, 1.82) is 0 Å². The van der Waals surface area contributed by atoms with E-state index in [0.29, 0.717) is 34.8 Å². The highest BCUT2D eigenvalue weighted by Crippen LogP contribution is 2.46. The molecule has 0 radical (unpaired) electrons. The van der Waals surface area contributed by atoms with Gasteiger partial charge < -0.3 is 5.11 Å². The number of Topliss-reactive ketones (excluding diaryl/α,β-unsaturated/α-hetero) is 1. The van der Waals surface area contributed by atoms with E-state index in [-0.39, 0.29) is 11.7 Å². The summed E-state index contributed by atoms with van der Waals surface area (Å²) < 4.78 is 0. The van der Waals surface area contributed by atoms with Crippen molar-refractivity contribution in [2.45, 2.75) is 31.6 Å². The molecule has 1 N–H and O–H groups in total. The van der Waals surface area contributed by atoms with Crippen LogP contribution >= 0.6 is 11.6 Å². The molecule has 3 unspecified atom stereocenters. The molecule has 3 atom stereocenters. The molecule has 142 valence electrons.